The number of aromatic nitrogens is 1. The van der Waals surface area contributed by atoms with Crippen molar-refractivity contribution in [1.29, 1.82) is 0 Å². The summed E-state index contributed by atoms with van der Waals surface area (Å²) in [5, 5.41) is 8.26. The predicted octanol–water partition coefficient (Wildman–Crippen LogP) is 3.32. The molecule has 0 spiro atoms. The third-order valence-corrected chi connectivity index (χ3v) is 4.91. The van der Waals surface area contributed by atoms with Gasteiger partial charge in [-0.2, -0.15) is 0 Å². The second-order valence-electron chi connectivity index (χ2n) is 8.28. The Kier molecular flexibility index (Phi) is 10.9. The minimum absolute atomic E-state index is 0.108. The Morgan fingerprint density at radius 1 is 0.939 bits per heavy atom. The van der Waals surface area contributed by atoms with Crippen molar-refractivity contribution in [1.82, 2.24) is 20.9 Å². The number of rotatable bonds is 12. The van der Waals surface area contributed by atoms with Crippen LogP contribution in [0, 0.1) is 5.92 Å². The Morgan fingerprint density at radius 2 is 1.67 bits per heavy atom. The van der Waals surface area contributed by atoms with Crippen molar-refractivity contribution in [3.63, 3.8) is 0 Å². The molecule has 0 aliphatic heterocycles. The van der Waals surface area contributed by atoms with E-state index in [2.05, 4.69) is 20.9 Å². The summed E-state index contributed by atoms with van der Waals surface area (Å²) in [7, 11) is 0. The maximum atomic E-state index is 13.0. The van der Waals surface area contributed by atoms with Crippen LogP contribution in [0.15, 0.2) is 54.7 Å². The summed E-state index contributed by atoms with van der Waals surface area (Å²) < 4.78 is 5.26. The molecule has 0 saturated carbocycles. The quantitative estimate of drug-likeness (QED) is 0.456. The van der Waals surface area contributed by atoms with Gasteiger partial charge in [0, 0.05) is 6.20 Å². The van der Waals surface area contributed by atoms with Crippen LogP contribution in [0.2, 0.25) is 0 Å². The number of pyridine rings is 1. The van der Waals surface area contributed by atoms with Crippen molar-refractivity contribution in [3.05, 3.63) is 66.0 Å². The van der Waals surface area contributed by atoms with E-state index < -0.39 is 24.1 Å². The molecule has 0 unspecified atom stereocenters. The third kappa shape index (κ3) is 9.72. The van der Waals surface area contributed by atoms with Gasteiger partial charge in [0.05, 0.1) is 12.2 Å². The van der Waals surface area contributed by atoms with Gasteiger partial charge in [-0.15, -0.1) is 0 Å². The van der Waals surface area contributed by atoms with Crippen LogP contribution in [-0.4, -0.2) is 35.0 Å². The van der Waals surface area contributed by atoms with E-state index in [4.69, 9.17) is 4.74 Å². The molecular formula is C25H34N4O4. The first kappa shape index (κ1) is 25.8. The first-order chi connectivity index (χ1) is 15.9. The molecule has 0 fully saturated rings. The fraction of sp³-hybridized carbons (Fsp3) is 0.440. The lowest BCUT2D eigenvalue weighted by atomic mass is 10.0. The molecule has 0 aliphatic carbocycles. The van der Waals surface area contributed by atoms with Crippen molar-refractivity contribution in [2.75, 3.05) is 0 Å². The Morgan fingerprint density at radius 3 is 2.30 bits per heavy atom. The van der Waals surface area contributed by atoms with Crippen LogP contribution in [0.25, 0.3) is 0 Å². The molecule has 33 heavy (non-hydrogen) atoms. The lowest BCUT2D eigenvalue weighted by Gasteiger charge is -2.24. The van der Waals surface area contributed by atoms with Crippen molar-refractivity contribution in [2.24, 2.45) is 5.92 Å². The Bertz CT molecular complexity index is 874. The summed E-state index contributed by atoms with van der Waals surface area (Å²) >= 11 is 0. The second kappa shape index (κ2) is 13.9. The van der Waals surface area contributed by atoms with Crippen molar-refractivity contribution in [2.45, 2.75) is 65.3 Å². The van der Waals surface area contributed by atoms with Crippen LogP contribution < -0.4 is 16.0 Å². The lowest BCUT2D eigenvalue weighted by molar-refractivity contribution is -0.130. The Balaban J connectivity index is 1.94. The average molecular weight is 455 g/mol. The molecule has 1 aromatic carbocycles. The molecular weight excluding hydrogens is 420 g/mol. The van der Waals surface area contributed by atoms with Gasteiger partial charge in [-0.1, -0.05) is 63.6 Å². The molecule has 3 N–H and O–H groups in total. The first-order valence-electron chi connectivity index (χ1n) is 11.3. The SMILES string of the molecule is CCC[C@H](NC(=O)[C@H](CC(C)C)NC(=O)OCc1ccccc1)C(=O)NCc1ccccn1. The Labute approximate surface area is 195 Å². The van der Waals surface area contributed by atoms with Crippen LogP contribution in [-0.2, 0) is 27.5 Å². The van der Waals surface area contributed by atoms with Gasteiger partial charge in [0.15, 0.2) is 0 Å². The molecule has 8 heteroatoms. The van der Waals surface area contributed by atoms with Gasteiger partial charge in [0.1, 0.15) is 18.7 Å². The van der Waals surface area contributed by atoms with E-state index in [1.807, 2.05) is 63.2 Å². The largest absolute Gasteiger partial charge is 0.445 e. The van der Waals surface area contributed by atoms with E-state index in [0.717, 1.165) is 11.3 Å². The second-order valence-corrected chi connectivity index (χ2v) is 8.28. The van der Waals surface area contributed by atoms with E-state index in [-0.39, 0.29) is 25.0 Å². The highest BCUT2D eigenvalue weighted by molar-refractivity contribution is 5.91. The topological polar surface area (TPSA) is 109 Å². The predicted molar refractivity (Wildman–Crippen MR) is 126 cm³/mol. The molecule has 1 aromatic heterocycles. The minimum Gasteiger partial charge on any atom is -0.445 e. The van der Waals surface area contributed by atoms with E-state index in [1.54, 1.807) is 12.3 Å². The molecule has 1 heterocycles. The maximum Gasteiger partial charge on any atom is 0.408 e. The summed E-state index contributed by atoms with van der Waals surface area (Å²) in [6.07, 6.45) is 2.59. The van der Waals surface area contributed by atoms with Crippen LogP contribution >= 0.6 is 0 Å². The Hall–Kier alpha value is -3.42. The molecule has 0 saturated heterocycles. The standard InChI is InChI=1S/C25H34N4O4/c1-4-10-21(23(30)27-16-20-13-8-9-14-26-20)28-24(31)22(15-18(2)3)29-25(32)33-17-19-11-6-5-7-12-19/h5-9,11-14,18,21-22H,4,10,15-17H2,1-3H3,(H,27,30)(H,28,31)(H,29,32)/t21-,22-/m0/s1. The zero-order chi connectivity index (χ0) is 24.1. The summed E-state index contributed by atoms with van der Waals surface area (Å²) in [5.74, 6) is -0.546. The van der Waals surface area contributed by atoms with E-state index in [0.29, 0.717) is 19.3 Å². The highest BCUT2D eigenvalue weighted by Crippen LogP contribution is 2.08. The van der Waals surface area contributed by atoms with E-state index >= 15 is 0 Å². The number of carbonyl (C=O) groups excluding carboxylic acids is 3. The van der Waals surface area contributed by atoms with Crippen molar-refractivity contribution in [3.8, 4) is 0 Å². The number of carbonyl (C=O) groups is 3. The number of amides is 3. The van der Waals surface area contributed by atoms with E-state index in [9.17, 15) is 14.4 Å². The number of alkyl carbamates (subject to hydrolysis) is 1. The molecule has 2 aromatic rings. The van der Waals surface area contributed by atoms with Crippen LogP contribution in [0.1, 0.15) is 51.3 Å². The van der Waals surface area contributed by atoms with Gasteiger partial charge < -0.3 is 20.7 Å². The summed E-state index contributed by atoms with van der Waals surface area (Å²) in [4.78, 5) is 42.2. The fourth-order valence-electron chi connectivity index (χ4n) is 3.24. The normalized spacial score (nSPS) is 12.5. The highest BCUT2D eigenvalue weighted by atomic mass is 16.5. The minimum atomic E-state index is -0.809. The van der Waals surface area contributed by atoms with Crippen LogP contribution in [0.4, 0.5) is 4.79 Å². The number of ether oxygens (including phenoxy) is 1. The third-order valence-electron chi connectivity index (χ3n) is 4.91. The zero-order valence-electron chi connectivity index (χ0n) is 19.5. The van der Waals surface area contributed by atoms with Crippen molar-refractivity contribution < 1.29 is 19.1 Å². The monoisotopic (exact) mass is 454 g/mol. The molecule has 178 valence electrons. The molecule has 0 bridgehead atoms. The van der Waals surface area contributed by atoms with Gasteiger partial charge in [-0.25, -0.2) is 4.79 Å². The van der Waals surface area contributed by atoms with Gasteiger partial charge in [0.2, 0.25) is 11.8 Å². The van der Waals surface area contributed by atoms with Gasteiger partial charge in [0.25, 0.3) is 0 Å². The van der Waals surface area contributed by atoms with Gasteiger partial charge in [-0.3, -0.25) is 14.6 Å². The highest BCUT2D eigenvalue weighted by Gasteiger charge is 2.27. The molecule has 8 nitrogen and oxygen atoms in total. The summed E-state index contributed by atoms with van der Waals surface area (Å²) in [5.41, 5.74) is 1.58. The van der Waals surface area contributed by atoms with Gasteiger partial charge >= 0.3 is 6.09 Å². The molecule has 2 rings (SSSR count). The lowest BCUT2D eigenvalue weighted by Crippen LogP contribution is -2.54. The first-order valence-corrected chi connectivity index (χ1v) is 11.3. The maximum absolute atomic E-state index is 13.0. The zero-order valence-corrected chi connectivity index (χ0v) is 19.5. The van der Waals surface area contributed by atoms with Crippen molar-refractivity contribution >= 4 is 17.9 Å². The van der Waals surface area contributed by atoms with Crippen LogP contribution in [0.5, 0.6) is 0 Å². The molecule has 0 aliphatic rings. The smallest absolute Gasteiger partial charge is 0.408 e. The number of hydrogen-bond donors (Lipinski definition) is 3. The summed E-state index contributed by atoms with van der Waals surface area (Å²) in [6, 6.07) is 13.3. The molecule has 2 atom stereocenters. The molecule has 0 radical (unpaired) electrons. The number of nitrogens with one attached hydrogen (secondary N) is 3. The van der Waals surface area contributed by atoms with Crippen LogP contribution in [0.3, 0.4) is 0 Å². The fourth-order valence-corrected chi connectivity index (χ4v) is 3.24. The van der Waals surface area contributed by atoms with Gasteiger partial charge in [-0.05, 0) is 36.5 Å². The average Bonchev–Trinajstić information content (AvgIpc) is 2.81. The molecule has 3 amide bonds. The number of nitrogens with zero attached hydrogens (tertiary/aromatic N) is 1. The van der Waals surface area contributed by atoms with E-state index in [1.165, 1.54) is 0 Å². The number of benzene rings is 1. The summed E-state index contributed by atoms with van der Waals surface area (Å²) in [6.45, 7) is 6.24. The number of hydrogen-bond acceptors (Lipinski definition) is 5.